The second-order valence-electron chi connectivity index (χ2n) is 4.53. The maximum absolute atomic E-state index is 6.11. The molecule has 0 heterocycles. The molecule has 0 aliphatic carbocycles. The van der Waals surface area contributed by atoms with Gasteiger partial charge in [0.25, 0.3) is 0 Å². The first-order valence-electron chi connectivity index (χ1n) is 7.08. The average Bonchev–Trinajstić information content (AvgIpc) is 2.49. The molecule has 2 aromatic rings. The monoisotopic (exact) mass is 305 g/mol. The van der Waals surface area contributed by atoms with E-state index in [1.807, 2.05) is 50.2 Å². The van der Waals surface area contributed by atoms with Crippen LogP contribution >= 0.6 is 11.6 Å². The Hall–Kier alpha value is -1.71. The van der Waals surface area contributed by atoms with Gasteiger partial charge >= 0.3 is 0 Å². The molecule has 0 aromatic heterocycles. The molecule has 0 aliphatic rings. The van der Waals surface area contributed by atoms with Crippen LogP contribution in [0.2, 0.25) is 5.02 Å². The standard InChI is InChI=1S/C17H20ClNO2/c1-3-20-16-8-6-12(9-17(16)21-4-2)15-10-14(18)7-5-13(15)11-19/h5-10H,3-4,11,19H2,1-2H3. The Labute approximate surface area is 130 Å². The molecule has 4 heteroatoms. The van der Waals surface area contributed by atoms with Crippen molar-refractivity contribution in [3.63, 3.8) is 0 Å². The quantitative estimate of drug-likeness (QED) is 0.867. The van der Waals surface area contributed by atoms with E-state index in [0.717, 1.165) is 28.2 Å². The first-order valence-corrected chi connectivity index (χ1v) is 7.45. The van der Waals surface area contributed by atoms with Gasteiger partial charge in [0, 0.05) is 11.6 Å². The van der Waals surface area contributed by atoms with E-state index >= 15 is 0 Å². The van der Waals surface area contributed by atoms with E-state index in [1.165, 1.54) is 0 Å². The first-order chi connectivity index (χ1) is 10.2. The molecule has 3 nitrogen and oxygen atoms in total. The number of ether oxygens (including phenoxy) is 2. The summed E-state index contributed by atoms with van der Waals surface area (Å²) in [5, 5.41) is 0.689. The van der Waals surface area contributed by atoms with Gasteiger partial charge in [0.2, 0.25) is 0 Å². The van der Waals surface area contributed by atoms with Gasteiger partial charge in [-0.2, -0.15) is 0 Å². The minimum Gasteiger partial charge on any atom is -0.490 e. The smallest absolute Gasteiger partial charge is 0.161 e. The van der Waals surface area contributed by atoms with Gasteiger partial charge in [-0.1, -0.05) is 23.7 Å². The third kappa shape index (κ3) is 3.69. The molecule has 0 aliphatic heterocycles. The molecular weight excluding hydrogens is 286 g/mol. The summed E-state index contributed by atoms with van der Waals surface area (Å²) in [7, 11) is 0. The van der Waals surface area contributed by atoms with E-state index in [9.17, 15) is 0 Å². The van der Waals surface area contributed by atoms with Crippen molar-refractivity contribution in [3.8, 4) is 22.6 Å². The minimum absolute atomic E-state index is 0.462. The summed E-state index contributed by atoms with van der Waals surface area (Å²) in [6.45, 7) is 5.55. The summed E-state index contributed by atoms with van der Waals surface area (Å²) in [6.07, 6.45) is 0. The fourth-order valence-corrected chi connectivity index (χ4v) is 2.39. The number of hydrogen-bond acceptors (Lipinski definition) is 3. The lowest BCUT2D eigenvalue weighted by atomic mass is 9.99. The Balaban J connectivity index is 2.49. The molecule has 0 bridgehead atoms. The highest BCUT2D eigenvalue weighted by Crippen LogP contribution is 2.35. The molecule has 0 atom stereocenters. The molecule has 112 valence electrons. The predicted molar refractivity (Wildman–Crippen MR) is 87.1 cm³/mol. The van der Waals surface area contributed by atoms with Crippen LogP contribution in [0.4, 0.5) is 0 Å². The van der Waals surface area contributed by atoms with Crippen molar-refractivity contribution in [2.45, 2.75) is 20.4 Å². The lowest BCUT2D eigenvalue weighted by molar-refractivity contribution is 0.288. The van der Waals surface area contributed by atoms with Crippen LogP contribution in [0.15, 0.2) is 36.4 Å². The maximum atomic E-state index is 6.11. The second-order valence-corrected chi connectivity index (χ2v) is 4.97. The van der Waals surface area contributed by atoms with Crippen LogP contribution < -0.4 is 15.2 Å². The molecule has 0 fully saturated rings. The molecule has 0 amide bonds. The van der Waals surface area contributed by atoms with Gasteiger partial charge in [0.05, 0.1) is 13.2 Å². The average molecular weight is 306 g/mol. The number of halogens is 1. The fraction of sp³-hybridized carbons (Fsp3) is 0.294. The van der Waals surface area contributed by atoms with Gasteiger partial charge in [-0.25, -0.2) is 0 Å². The van der Waals surface area contributed by atoms with Crippen molar-refractivity contribution in [2.75, 3.05) is 13.2 Å². The Bertz CT molecular complexity index is 614. The molecule has 2 aromatic carbocycles. The fourth-order valence-electron chi connectivity index (χ4n) is 2.21. The molecule has 0 unspecified atom stereocenters. The van der Waals surface area contributed by atoms with E-state index < -0.39 is 0 Å². The highest BCUT2D eigenvalue weighted by molar-refractivity contribution is 6.30. The summed E-state index contributed by atoms with van der Waals surface area (Å²) < 4.78 is 11.3. The van der Waals surface area contributed by atoms with Crippen LogP contribution in [-0.4, -0.2) is 13.2 Å². The second kappa shape index (κ2) is 7.34. The SMILES string of the molecule is CCOc1ccc(-c2cc(Cl)ccc2CN)cc1OCC. The van der Waals surface area contributed by atoms with Crippen LogP contribution in [0, 0.1) is 0 Å². The molecule has 0 saturated carbocycles. The Kier molecular flexibility index (Phi) is 5.48. The zero-order valence-electron chi connectivity index (χ0n) is 12.4. The van der Waals surface area contributed by atoms with Crippen LogP contribution in [0.5, 0.6) is 11.5 Å². The third-order valence-corrected chi connectivity index (χ3v) is 3.38. The molecule has 0 saturated heterocycles. The van der Waals surface area contributed by atoms with Crippen molar-refractivity contribution in [1.29, 1.82) is 0 Å². The van der Waals surface area contributed by atoms with E-state index in [0.29, 0.717) is 24.8 Å². The Morgan fingerprint density at radius 1 is 0.952 bits per heavy atom. The Morgan fingerprint density at radius 2 is 1.67 bits per heavy atom. The van der Waals surface area contributed by atoms with E-state index in [1.54, 1.807) is 0 Å². The molecular formula is C17H20ClNO2. The van der Waals surface area contributed by atoms with Crippen molar-refractivity contribution in [3.05, 3.63) is 47.0 Å². The number of hydrogen-bond donors (Lipinski definition) is 1. The highest BCUT2D eigenvalue weighted by atomic mass is 35.5. The van der Waals surface area contributed by atoms with Crippen molar-refractivity contribution < 1.29 is 9.47 Å². The summed E-state index contributed by atoms with van der Waals surface area (Å²) >= 11 is 6.11. The van der Waals surface area contributed by atoms with E-state index in [2.05, 4.69) is 0 Å². The normalized spacial score (nSPS) is 10.5. The van der Waals surface area contributed by atoms with Crippen LogP contribution in [0.1, 0.15) is 19.4 Å². The van der Waals surface area contributed by atoms with E-state index in [-0.39, 0.29) is 0 Å². The topological polar surface area (TPSA) is 44.5 Å². The molecule has 2 rings (SSSR count). The third-order valence-electron chi connectivity index (χ3n) is 3.15. The summed E-state index contributed by atoms with van der Waals surface area (Å²) in [6, 6.07) is 11.6. The Morgan fingerprint density at radius 3 is 2.33 bits per heavy atom. The largest absolute Gasteiger partial charge is 0.490 e. The predicted octanol–water partition coefficient (Wildman–Crippen LogP) is 4.26. The maximum Gasteiger partial charge on any atom is 0.161 e. The van der Waals surface area contributed by atoms with Crippen LogP contribution in [0.3, 0.4) is 0 Å². The summed E-state index contributed by atoms with van der Waals surface area (Å²) in [5.41, 5.74) is 8.90. The van der Waals surface area contributed by atoms with Gasteiger partial charge < -0.3 is 15.2 Å². The van der Waals surface area contributed by atoms with Gasteiger partial charge in [-0.3, -0.25) is 0 Å². The number of benzene rings is 2. The van der Waals surface area contributed by atoms with E-state index in [4.69, 9.17) is 26.8 Å². The minimum atomic E-state index is 0.462. The van der Waals surface area contributed by atoms with Crippen molar-refractivity contribution >= 4 is 11.6 Å². The molecule has 0 spiro atoms. The van der Waals surface area contributed by atoms with Crippen molar-refractivity contribution in [1.82, 2.24) is 0 Å². The number of nitrogens with two attached hydrogens (primary N) is 1. The van der Waals surface area contributed by atoms with Crippen molar-refractivity contribution in [2.24, 2.45) is 5.73 Å². The summed E-state index contributed by atoms with van der Waals surface area (Å²) in [5.74, 6) is 1.49. The summed E-state index contributed by atoms with van der Waals surface area (Å²) in [4.78, 5) is 0. The van der Waals surface area contributed by atoms with Gasteiger partial charge in [-0.05, 0) is 54.8 Å². The van der Waals surface area contributed by atoms with Crippen LogP contribution in [0.25, 0.3) is 11.1 Å². The first kappa shape index (κ1) is 15.7. The van der Waals surface area contributed by atoms with Gasteiger partial charge in [0.1, 0.15) is 0 Å². The molecule has 21 heavy (non-hydrogen) atoms. The highest BCUT2D eigenvalue weighted by Gasteiger charge is 2.10. The zero-order valence-corrected chi connectivity index (χ0v) is 13.1. The van der Waals surface area contributed by atoms with Gasteiger partial charge in [0.15, 0.2) is 11.5 Å². The molecule has 0 radical (unpaired) electrons. The number of rotatable bonds is 6. The lowest BCUT2D eigenvalue weighted by Gasteiger charge is -2.14. The van der Waals surface area contributed by atoms with Crippen LogP contribution in [-0.2, 0) is 6.54 Å². The van der Waals surface area contributed by atoms with Gasteiger partial charge in [-0.15, -0.1) is 0 Å². The lowest BCUT2D eigenvalue weighted by Crippen LogP contribution is -2.01. The zero-order chi connectivity index (χ0) is 15.2. The molecule has 2 N–H and O–H groups in total.